The summed E-state index contributed by atoms with van der Waals surface area (Å²) >= 11 is 0. The zero-order chi connectivity index (χ0) is 14.3. The van der Waals surface area contributed by atoms with Crippen LogP contribution in [0.5, 0.6) is 0 Å². The number of amides is 1. The smallest absolute Gasteiger partial charge is 0.242 e. The van der Waals surface area contributed by atoms with E-state index in [1.54, 1.807) is 12.1 Å². The predicted molar refractivity (Wildman–Crippen MR) is 73.0 cm³/mol. The van der Waals surface area contributed by atoms with Crippen molar-refractivity contribution >= 4 is 21.6 Å². The second-order valence-electron chi connectivity index (χ2n) is 3.56. The molecular formula is C12H15N3O3S. The lowest BCUT2D eigenvalue weighted by Crippen LogP contribution is -2.29. The summed E-state index contributed by atoms with van der Waals surface area (Å²) in [7, 11) is -2.31. The van der Waals surface area contributed by atoms with Crippen molar-refractivity contribution in [2.24, 2.45) is 0 Å². The van der Waals surface area contributed by atoms with Crippen molar-refractivity contribution in [1.29, 1.82) is 0 Å². The number of hydrogen-bond donors (Lipinski definition) is 3. The Balaban J connectivity index is 2.85. The maximum absolute atomic E-state index is 11.8. The molecule has 0 fully saturated rings. The molecule has 7 heteroatoms. The van der Waals surface area contributed by atoms with Crippen molar-refractivity contribution in [2.45, 2.75) is 4.90 Å². The van der Waals surface area contributed by atoms with E-state index in [-0.39, 0.29) is 29.6 Å². The molecule has 0 atom stereocenters. The van der Waals surface area contributed by atoms with Crippen molar-refractivity contribution in [3.63, 3.8) is 0 Å². The molecule has 0 aromatic heterocycles. The van der Waals surface area contributed by atoms with Gasteiger partial charge in [-0.1, -0.05) is 18.1 Å². The van der Waals surface area contributed by atoms with Gasteiger partial charge in [-0.05, 0) is 19.2 Å². The first-order valence-electron chi connectivity index (χ1n) is 5.48. The number of benzene rings is 1. The quantitative estimate of drug-likeness (QED) is 0.496. The molecular weight excluding hydrogens is 266 g/mol. The summed E-state index contributed by atoms with van der Waals surface area (Å²) in [5.74, 6) is 1.97. The van der Waals surface area contributed by atoms with Gasteiger partial charge in [0.05, 0.1) is 18.8 Å². The van der Waals surface area contributed by atoms with E-state index in [1.807, 2.05) is 0 Å². The van der Waals surface area contributed by atoms with Crippen molar-refractivity contribution in [3.05, 3.63) is 24.3 Å². The maximum Gasteiger partial charge on any atom is 0.242 e. The van der Waals surface area contributed by atoms with Crippen molar-refractivity contribution in [1.82, 2.24) is 10.0 Å². The minimum atomic E-state index is -3.62. The summed E-state index contributed by atoms with van der Waals surface area (Å²) in [6.07, 6.45) is 5.03. The molecule has 1 aromatic carbocycles. The minimum Gasteiger partial charge on any atom is -0.324 e. The number of anilines is 1. The minimum absolute atomic E-state index is 0.0120. The number of terminal acetylenes is 1. The molecule has 3 N–H and O–H groups in total. The average Bonchev–Trinajstić information content (AvgIpc) is 2.39. The normalized spacial score (nSPS) is 10.7. The number of para-hydroxylation sites is 1. The van der Waals surface area contributed by atoms with Crippen LogP contribution in [0.25, 0.3) is 0 Å². The summed E-state index contributed by atoms with van der Waals surface area (Å²) in [5.41, 5.74) is 0.226. The molecule has 19 heavy (non-hydrogen) atoms. The van der Waals surface area contributed by atoms with Crippen LogP contribution in [0, 0.1) is 12.3 Å². The van der Waals surface area contributed by atoms with Gasteiger partial charge < -0.3 is 5.32 Å². The Morgan fingerprint density at radius 1 is 1.37 bits per heavy atom. The summed E-state index contributed by atoms with van der Waals surface area (Å²) < 4.78 is 25.7. The van der Waals surface area contributed by atoms with Crippen LogP contribution in [-0.4, -0.2) is 34.5 Å². The van der Waals surface area contributed by atoms with E-state index in [1.165, 1.54) is 19.2 Å². The van der Waals surface area contributed by atoms with E-state index >= 15 is 0 Å². The number of hydrogen-bond acceptors (Lipinski definition) is 4. The molecule has 0 unspecified atom stereocenters. The van der Waals surface area contributed by atoms with Gasteiger partial charge in [0.15, 0.2) is 0 Å². The lowest BCUT2D eigenvalue weighted by molar-refractivity contribution is -0.115. The second-order valence-corrected chi connectivity index (χ2v) is 5.41. The van der Waals surface area contributed by atoms with Gasteiger partial charge in [0, 0.05) is 0 Å². The van der Waals surface area contributed by atoms with Crippen molar-refractivity contribution < 1.29 is 13.2 Å². The van der Waals surface area contributed by atoms with Crippen LogP contribution in [0.4, 0.5) is 5.69 Å². The molecule has 6 nitrogen and oxygen atoms in total. The third-order valence-corrected chi connectivity index (χ3v) is 3.70. The number of rotatable bonds is 6. The predicted octanol–water partition coefficient (Wildman–Crippen LogP) is -0.244. The Morgan fingerprint density at radius 2 is 2.05 bits per heavy atom. The fourth-order valence-corrected chi connectivity index (χ4v) is 2.24. The van der Waals surface area contributed by atoms with Gasteiger partial charge in [0.25, 0.3) is 0 Å². The third-order valence-electron chi connectivity index (χ3n) is 2.23. The highest BCUT2D eigenvalue weighted by molar-refractivity contribution is 7.89. The molecule has 1 rings (SSSR count). The molecule has 0 aliphatic carbocycles. The van der Waals surface area contributed by atoms with Crippen LogP contribution in [0.3, 0.4) is 0 Å². The number of sulfonamides is 1. The van der Waals surface area contributed by atoms with Crippen LogP contribution < -0.4 is 15.4 Å². The largest absolute Gasteiger partial charge is 0.324 e. The number of carbonyl (C=O) groups excluding carboxylic acids is 1. The zero-order valence-corrected chi connectivity index (χ0v) is 11.3. The van der Waals surface area contributed by atoms with E-state index in [0.717, 1.165) is 0 Å². The molecule has 1 amide bonds. The SMILES string of the molecule is C#CCNCC(=O)Nc1ccccc1S(=O)(=O)NC. The lowest BCUT2D eigenvalue weighted by Gasteiger charge is -2.10. The van der Waals surface area contributed by atoms with E-state index in [2.05, 4.69) is 21.3 Å². The molecule has 0 spiro atoms. The van der Waals surface area contributed by atoms with E-state index < -0.39 is 10.0 Å². The maximum atomic E-state index is 11.8. The first-order chi connectivity index (χ1) is 9.01. The van der Waals surface area contributed by atoms with E-state index in [4.69, 9.17) is 6.42 Å². The first-order valence-corrected chi connectivity index (χ1v) is 6.96. The van der Waals surface area contributed by atoms with Crippen LogP contribution in [0.15, 0.2) is 29.2 Å². The monoisotopic (exact) mass is 281 g/mol. The van der Waals surface area contributed by atoms with Gasteiger partial charge in [0.1, 0.15) is 4.90 Å². The van der Waals surface area contributed by atoms with Crippen LogP contribution in [0.1, 0.15) is 0 Å². The summed E-state index contributed by atoms with van der Waals surface area (Å²) in [5, 5.41) is 5.23. The Kier molecular flexibility index (Phi) is 5.51. The zero-order valence-electron chi connectivity index (χ0n) is 10.4. The molecule has 0 saturated heterocycles. The van der Waals surface area contributed by atoms with Gasteiger partial charge in [-0.2, -0.15) is 0 Å². The molecule has 0 bridgehead atoms. The fourth-order valence-electron chi connectivity index (χ4n) is 1.36. The highest BCUT2D eigenvalue weighted by atomic mass is 32.2. The van der Waals surface area contributed by atoms with Crippen molar-refractivity contribution in [2.75, 3.05) is 25.5 Å². The van der Waals surface area contributed by atoms with Crippen LogP contribution in [-0.2, 0) is 14.8 Å². The van der Waals surface area contributed by atoms with Gasteiger partial charge in [0.2, 0.25) is 15.9 Å². The Bertz CT molecular complexity index is 590. The molecule has 0 radical (unpaired) electrons. The fraction of sp³-hybridized carbons (Fsp3) is 0.250. The molecule has 1 aromatic rings. The first kappa shape index (κ1) is 15.2. The molecule has 0 heterocycles. The number of nitrogens with one attached hydrogen (secondary N) is 3. The highest BCUT2D eigenvalue weighted by Crippen LogP contribution is 2.19. The van der Waals surface area contributed by atoms with Gasteiger partial charge in [-0.3, -0.25) is 10.1 Å². The summed E-state index contributed by atoms with van der Waals surface area (Å²) in [4.78, 5) is 11.6. The Labute approximate surface area is 112 Å². The van der Waals surface area contributed by atoms with E-state index in [0.29, 0.717) is 0 Å². The average molecular weight is 281 g/mol. The Hall–Kier alpha value is -1.88. The summed E-state index contributed by atoms with van der Waals surface area (Å²) in [6, 6.07) is 6.15. The topological polar surface area (TPSA) is 87.3 Å². The molecule has 0 aliphatic heterocycles. The molecule has 0 saturated carbocycles. The third kappa shape index (κ3) is 4.37. The molecule has 0 aliphatic rings. The number of carbonyl (C=O) groups is 1. The van der Waals surface area contributed by atoms with Gasteiger partial charge >= 0.3 is 0 Å². The van der Waals surface area contributed by atoms with Crippen LogP contribution in [0.2, 0.25) is 0 Å². The highest BCUT2D eigenvalue weighted by Gasteiger charge is 2.17. The van der Waals surface area contributed by atoms with Gasteiger partial charge in [-0.15, -0.1) is 6.42 Å². The standard InChI is InChI=1S/C12H15N3O3S/c1-3-8-14-9-12(16)15-10-6-4-5-7-11(10)19(17,18)13-2/h1,4-7,13-14H,8-9H2,2H3,(H,15,16). The molecule has 102 valence electrons. The van der Waals surface area contributed by atoms with Gasteiger partial charge in [-0.25, -0.2) is 13.1 Å². The Morgan fingerprint density at radius 3 is 2.68 bits per heavy atom. The summed E-state index contributed by atoms with van der Waals surface area (Å²) in [6.45, 7) is 0.280. The van der Waals surface area contributed by atoms with Crippen molar-refractivity contribution in [3.8, 4) is 12.3 Å². The lowest BCUT2D eigenvalue weighted by atomic mass is 10.3. The van der Waals surface area contributed by atoms with Crippen LogP contribution >= 0.6 is 0 Å². The van der Waals surface area contributed by atoms with E-state index in [9.17, 15) is 13.2 Å². The second kappa shape index (κ2) is 6.89.